The fraction of sp³-hybridized carbons (Fsp3) is 0.250. The van der Waals surface area contributed by atoms with Crippen LogP contribution < -0.4 is 10.6 Å². The minimum Gasteiger partial charge on any atom is -0.386 e. The van der Waals surface area contributed by atoms with Gasteiger partial charge in [-0.05, 0) is 36.1 Å². The summed E-state index contributed by atoms with van der Waals surface area (Å²) in [7, 11) is 0. The van der Waals surface area contributed by atoms with Crippen molar-refractivity contribution in [1.29, 1.82) is 5.26 Å². The van der Waals surface area contributed by atoms with Crippen molar-refractivity contribution in [2.24, 2.45) is 0 Å². The molecule has 2 N–H and O–H groups in total. The van der Waals surface area contributed by atoms with E-state index in [9.17, 15) is 10.1 Å². The lowest BCUT2D eigenvalue weighted by Crippen LogP contribution is -2.28. The summed E-state index contributed by atoms with van der Waals surface area (Å²) in [6.07, 6.45) is 5.84. The van der Waals surface area contributed by atoms with Crippen molar-refractivity contribution in [3.8, 4) is 6.07 Å². The molecule has 0 spiro atoms. The molecular weight excluding hydrogens is 312 g/mol. The van der Waals surface area contributed by atoms with Gasteiger partial charge in [-0.3, -0.25) is 9.78 Å². The summed E-state index contributed by atoms with van der Waals surface area (Å²) in [5.74, 6) is -0.395. The third-order valence-electron chi connectivity index (χ3n) is 3.88. The van der Waals surface area contributed by atoms with E-state index in [-0.39, 0.29) is 11.6 Å². The molecule has 128 valence electrons. The second kappa shape index (κ2) is 9.24. The van der Waals surface area contributed by atoms with Crippen LogP contribution in [0.15, 0.2) is 60.6 Å². The van der Waals surface area contributed by atoms with Crippen LogP contribution in [0.5, 0.6) is 0 Å². The molecule has 0 aliphatic rings. The number of nitrogens with zero attached hydrogens (tertiary/aromatic N) is 2. The van der Waals surface area contributed by atoms with Gasteiger partial charge in [0.15, 0.2) is 0 Å². The SMILES string of the molecule is CCc1ccc(C(C)NC(=O)/C(C#N)=C\NCc2cccnc2)cc1. The molecule has 0 aliphatic heterocycles. The molecule has 1 unspecified atom stereocenters. The van der Waals surface area contributed by atoms with Crippen LogP contribution in [0.4, 0.5) is 0 Å². The monoisotopic (exact) mass is 334 g/mol. The van der Waals surface area contributed by atoms with Crippen molar-refractivity contribution in [2.75, 3.05) is 0 Å². The van der Waals surface area contributed by atoms with Gasteiger partial charge >= 0.3 is 0 Å². The van der Waals surface area contributed by atoms with Crippen molar-refractivity contribution in [3.63, 3.8) is 0 Å². The zero-order valence-electron chi connectivity index (χ0n) is 14.5. The number of aryl methyl sites for hydroxylation is 1. The minimum absolute atomic E-state index is 0.0425. The number of rotatable bonds is 7. The molecule has 0 aliphatic carbocycles. The standard InChI is InChI=1S/C20H22N4O/c1-3-16-6-8-18(9-7-16)15(2)24-20(25)19(11-21)14-23-13-17-5-4-10-22-12-17/h4-10,12,14-15,23H,3,13H2,1-2H3,(H,24,25)/b19-14-. The molecule has 2 aromatic rings. The number of hydrogen-bond donors (Lipinski definition) is 2. The highest BCUT2D eigenvalue weighted by atomic mass is 16.1. The molecule has 0 saturated carbocycles. The van der Waals surface area contributed by atoms with Crippen LogP contribution in [0.2, 0.25) is 0 Å². The molecule has 0 fully saturated rings. The summed E-state index contributed by atoms with van der Waals surface area (Å²) in [5, 5.41) is 15.0. The normalized spacial score (nSPS) is 12.1. The first kappa shape index (κ1) is 18.2. The van der Waals surface area contributed by atoms with Gasteiger partial charge in [0, 0.05) is 25.1 Å². The predicted molar refractivity (Wildman–Crippen MR) is 97.2 cm³/mol. The summed E-state index contributed by atoms with van der Waals surface area (Å²) in [6, 6.07) is 13.6. The predicted octanol–water partition coefficient (Wildman–Crippen LogP) is 3.02. The molecule has 1 aromatic heterocycles. The molecule has 1 aromatic carbocycles. The lowest BCUT2D eigenvalue weighted by molar-refractivity contribution is -0.117. The molecule has 5 heteroatoms. The third kappa shape index (κ3) is 5.47. The molecule has 1 amide bonds. The maximum absolute atomic E-state index is 12.3. The highest BCUT2D eigenvalue weighted by Gasteiger charge is 2.13. The van der Waals surface area contributed by atoms with Gasteiger partial charge in [0.25, 0.3) is 5.91 Å². The summed E-state index contributed by atoms with van der Waals surface area (Å²) in [6.45, 7) is 4.50. The Morgan fingerprint density at radius 3 is 2.64 bits per heavy atom. The minimum atomic E-state index is -0.395. The lowest BCUT2D eigenvalue weighted by atomic mass is 10.0. The smallest absolute Gasteiger partial charge is 0.263 e. The van der Waals surface area contributed by atoms with E-state index in [0.29, 0.717) is 6.54 Å². The largest absolute Gasteiger partial charge is 0.386 e. The molecule has 0 radical (unpaired) electrons. The Hall–Kier alpha value is -3.13. The summed E-state index contributed by atoms with van der Waals surface area (Å²) < 4.78 is 0. The number of amides is 1. The number of aromatic nitrogens is 1. The zero-order chi connectivity index (χ0) is 18.1. The van der Waals surface area contributed by atoms with Gasteiger partial charge in [-0.15, -0.1) is 0 Å². The van der Waals surface area contributed by atoms with Gasteiger partial charge < -0.3 is 10.6 Å². The fourth-order valence-corrected chi connectivity index (χ4v) is 2.32. The Morgan fingerprint density at radius 1 is 1.28 bits per heavy atom. The van der Waals surface area contributed by atoms with Crippen LogP contribution >= 0.6 is 0 Å². The highest BCUT2D eigenvalue weighted by Crippen LogP contribution is 2.14. The zero-order valence-corrected chi connectivity index (χ0v) is 14.5. The van der Waals surface area contributed by atoms with Gasteiger partial charge in [-0.25, -0.2) is 0 Å². The highest BCUT2D eigenvalue weighted by molar-refractivity contribution is 5.97. The number of hydrogen-bond acceptors (Lipinski definition) is 4. The Bertz CT molecular complexity index is 761. The van der Waals surface area contributed by atoms with Gasteiger partial charge in [-0.2, -0.15) is 5.26 Å². The van der Waals surface area contributed by atoms with E-state index < -0.39 is 5.91 Å². The first-order chi connectivity index (χ1) is 12.1. The fourth-order valence-electron chi connectivity index (χ4n) is 2.32. The first-order valence-electron chi connectivity index (χ1n) is 8.26. The molecule has 0 saturated heterocycles. The molecule has 25 heavy (non-hydrogen) atoms. The topological polar surface area (TPSA) is 77.8 Å². The number of benzene rings is 1. The Balaban J connectivity index is 1.94. The van der Waals surface area contributed by atoms with E-state index in [1.54, 1.807) is 12.4 Å². The molecule has 1 atom stereocenters. The van der Waals surface area contributed by atoms with Crippen LogP contribution in [0.25, 0.3) is 0 Å². The van der Waals surface area contributed by atoms with Gasteiger partial charge in [0.2, 0.25) is 0 Å². The van der Waals surface area contributed by atoms with Gasteiger partial charge in [0.1, 0.15) is 11.6 Å². The quantitative estimate of drug-likeness (QED) is 0.603. The number of carbonyl (C=O) groups is 1. The van der Waals surface area contributed by atoms with Gasteiger partial charge in [0.05, 0.1) is 6.04 Å². The molecule has 1 heterocycles. The lowest BCUT2D eigenvalue weighted by Gasteiger charge is -2.14. The number of pyridine rings is 1. The van der Waals surface area contributed by atoms with Crippen LogP contribution in [-0.4, -0.2) is 10.9 Å². The van der Waals surface area contributed by atoms with Crippen molar-refractivity contribution >= 4 is 5.91 Å². The second-order valence-electron chi connectivity index (χ2n) is 5.70. The van der Waals surface area contributed by atoms with Crippen LogP contribution in [0, 0.1) is 11.3 Å². The van der Waals surface area contributed by atoms with Crippen molar-refractivity contribution in [2.45, 2.75) is 32.9 Å². The van der Waals surface area contributed by atoms with E-state index >= 15 is 0 Å². The van der Waals surface area contributed by atoms with Crippen LogP contribution in [0.1, 0.15) is 36.6 Å². The van der Waals surface area contributed by atoms with Crippen LogP contribution in [-0.2, 0) is 17.8 Å². The Labute approximate surface area is 148 Å². The number of carbonyl (C=O) groups excluding carboxylic acids is 1. The van der Waals surface area contributed by atoms with Crippen molar-refractivity contribution in [1.82, 2.24) is 15.6 Å². The van der Waals surface area contributed by atoms with E-state index in [1.165, 1.54) is 11.8 Å². The maximum Gasteiger partial charge on any atom is 0.263 e. The molecule has 0 bridgehead atoms. The van der Waals surface area contributed by atoms with Crippen molar-refractivity contribution in [3.05, 3.63) is 77.3 Å². The van der Waals surface area contributed by atoms with Crippen molar-refractivity contribution < 1.29 is 4.79 Å². The van der Waals surface area contributed by atoms with Crippen LogP contribution in [0.3, 0.4) is 0 Å². The summed E-state index contributed by atoms with van der Waals surface area (Å²) in [4.78, 5) is 16.3. The summed E-state index contributed by atoms with van der Waals surface area (Å²) >= 11 is 0. The summed E-state index contributed by atoms with van der Waals surface area (Å²) in [5.41, 5.74) is 3.27. The molecule has 5 nitrogen and oxygen atoms in total. The van der Waals surface area contributed by atoms with Gasteiger partial charge in [-0.1, -0.05) is 37.3 Å². The Kier molecular flexibility index (Phi) is 6.73. The molecule has 2 rings (SSSR count). The number of nitrogens with one attached hydrogen (secondary N) is 2. The first-order valence-corrected chi connectivity index (χ1v) is 8.26. The van der Waals surface area contributed by atoms with E-state index in [2.05, 4.69) is 34.7 Å². The Morgan fingerprint density at radius 2 is 2.04 bits per heavy atom. The number of nitriles is 1. The third-order valence-corrected chi connectivity index (χ3v) is 3.88. The second-order valence-corrected chi connectivity index (χ2v) is 5.70. The average Bonchev–Trinajstić information content (AvgIpc) is 2.66. The van der Waals surface area contributed by atoms with E-state index in [4.69, 9.17) is 0 Å². The maximum atomic E-state index is 12.3. The molecular formula is C20H22N4O. The van der Waals surface area contributed by atoms with E-state index in [1.807, 2.05) is 37.3 Å². The van der Waals surface area contributed by atoms with E-state index in [0.717, 1.165) is 17.5 Å². The average molecular weight is 334 g/mol.